The lowest BCUT2D eigenvalue weighted by atomic mass is 9.97. The van der Waals surface area contributed by atoms with Crippen molar-refractivity contribution in [3.63, 3.8) is 0 Å². The van der Waals surface area contributed by atoms with Crippen LogP contribution in [0.1, 0.15) is 31.7 Å². The summed E-state index contributed by atoms with van der Waals surface area (Å²) in [5, 5.41) is 1.41. The molecule has 0 unspecified atom stereocenters. The number of hydrogen-bond donors (Lipinski definition) is 2. The molecule has 3 aromatic heterocycles. The van der Waals surface area contributed by atoms with Crippen molar-refractivity contribution in [2.45, 2.75) is 44.8 Å². The first-order valence-electron chi connectivity index (χ1n) is 13.8. The third kappa shape index (κ3) is 5.70. The molecule has 39 heavy (non-hydrogen) atoms. The molecular formula is C29H34Cl2N8. The maximum atomic E-state index is 6.71. The van der Waals surface area contributed by atoms with Gasteiger partial charge in [0.25, 0.3) is 0 Å². The highest BCUT2D eigenvalue weighted by molar-refractivity contribution is 6.33. The highest BCUT2D eigenvalue weighted by atomic mass is 35.5. The van der Waals surface area contributed by atoms with Crippen molar-refractivity contribution >= 4 is 29.0 Å². The first-order valence-corrected chi connectivity index (χ1v) is 14.5. The van der Waals surface area contributed by atoms with Crippen LogP contribution in [0.3, 0.4) is 0 Å². The van der Waals surface area contributed by atoms with Crippen LogP contribution in [0.25, 0.3) is 22.8 Å². The Hall–Kier alpha value is -2.91. The molecule has 1 atom stereocenters. The molecule has 0 saturated carbocycles. The summed E-state index contributed by atoms with van der Waals surface area (Å²) in [6.45, 7) is 8.28. The van der Waals surface area contributed by atoms with Gasteiger partial charge in [0.05, 0.1) is 5.02 Å². The van der Waals surface area contributed by atoms with E-state index >= 15 is 0 Å². The molecule has 8 nitrogen and oxygen atoms in total. The van der Waals surface area contributed by atoms with Crippen LogP contribution in [-0.2, 0) is 6.54 Å². The number of piperazine rings is 1. The third-order valence-electron chi connectivity index (χ3n) is 8.14. The summed E-state index contributed by atoms with van der Waals surface area (Å²) in [5.41, 5.74) is 3.25. The Morgan fingerprint density at radius 2 is 1.69 bits per heavy atom. The zero-order valence-corrected chi connectivity index (χ0v) is 23.7. The van der Waals surface area contributed by atoms with Crippen molar-refractivity contribution < 1.29 is 0 Å². The van der Waals surface area contributed by atoms with E-state index < -0.39 is 0 Å². The Balaban J connectivity index is 1.07. The van der Waals surface area contributed by atoms with Crippen LogP contribution in [-0.4, -0.2) is 79.5 Å². The van der Waals surface area contributed by atoms with Gasteiger partial charge in [0, 0.05) is 85.4 Å². The van der Waals surface area contributed by atoms with E-state index in [9.17, 15) is 0 Å². The minimum absolute atomic E-state index is 0.486. The van der Waals surface area contributed by atoms with Crippen LogP contribution in [0.4, 0.5) is 5.82 Å². The van der Waals surface area contributed by atoms with Crippen LogP contribution < -0.4 is 4.90 Å². The van der Waals surface area contributed by atoms with Crippen LogP contribution >= 0.6 is 23.2 Å². The van der Waals surface area contributed by atoms with Gasteiger partial charge in [-0.1, -0.05) is 36.2 Å². The first kappa shape index (κ1) is 26.3. The molecule has 2 saturated heterocycles. The number of benzene rings is 1. The zero-order valence-electron chi connectivity index (χ0n) is 22.2. The fourth-order valence-electron chi connectivity index (χ4n) is 6.09. The molecule has 204 valence electrons. The first-order chi connectivity index (χ1) is 19.1. The van der Waals surface area contributed by atoms with E-state index in [0.29, 0.717) is 17.1 Å². The standard InChI is InChI=1S/C29H34Cl2N8/c1-2-23-19-38(29-26(31)15-21(17-36-29)27-32-7-8-33-27)13-14-39(23)24-5-11-37(12-6-24)18-20-3-4-22(30)16-25(20)28-34-9-10-35-28/h3-4,7-10,15-17,23-24H,2,5-6,11-14,18-19H2,1H3,(H,32,33)(H,34,35)/t23-/m0/s1. The molecular weight excluding hydrogens is 531 g/mol. The lowest BCUT2D eigenvalue weighted by molar-refractivity contribution is 0.0611. The minimum Gasteiger partial charge on any atom is -0.353 e. The average molecular weight is 566 g/mol. The van der Waals surface area contributed by atoms with Gasteiger partial charge in [0.2, 0.25) is 0 Å². The lowest BCUT2D eigenvalue weighted by Crippen LogP contribution is -2.58. The summed E-state index contributed by atoms with van der Waals surface area (Å²) in [7, 11) is 0. The number of aromatic nitrogens is 5. The van der Waals surface area contributed by atoms with Crippen molar-refractivity contribution in [3.8, 4) is 22.8 Å². The molecule has 0 aliphatic carbocycles. The van der Waals surface area contributed by atoms with Crippen molar-refractivity contribution in [2.24, 2.45) is 0 Å². The Morgan fingerprint density at radius 1 is 0.923 bits per heavy atom. The summed E-state index contributed by atoms with van der Waals surface area (Å²) in [6, 6.07) is 9.18. The number of halogens is 2. The number of likely N-dealkylation sites (tertiary alicyclic amines) is 1. The number of piperidine rings is 1. The number of hydrogen-bond acceptors (Lipinski definition) is 6. The van der Waals surface area contributed by atoms with E-state index in [2.05, 4.69) is 47.6 Å². The molecule has 2 aliphatic rings. The molecule has 4 aromatic rings. The fraction of sp³-hybridized carbons (Fsp3) is 0.414. The lowest BCUT2D eigenvalue weighted by Gasteiger charge is -2.47. The predicted molar refractivity (Wildman–Crippen MR) is 157 cm³/mol. The number of rotatable bonds is 7. The van der Waals surface area contributed by atoms with Gasteiger partial charge >= 0.3 is 0 Å². The number of H-pyrrole nitrogens is 2. The van der Waals surface area contributed by atoms with Crippen LogP contribution in [0.2, 0.25) is 10.0 Å². The number of nitrogens with zero attached hydrogens (tertiary/aromatic N) is 6. The molecule has 10 heteroatoms. The van der Waals surface area contributed by atoms with Gasteiger partial charge in [0.1, 0.15) is 17.5 Å². The van der Waals surface area contributed by atoms with E-state index in [4.69, 9.17) is 28.2 Å². The van der Waals surface area contributed by atoms with Crippen molar-refractivity contribution in [3.05, 3.63) is 70.9 Å². The van der Waals surface area contributed by atoms with Gasteiger partial charge in [-0.05, 0) is 56.1 Å². The Bertz CT molecular complexity index is 1370. The summed E-state index contributed by atoms with van der Waals surface area (Å²) in [5.74, 6) is 2.53. The molecule has 5 heterocycles. The maximum absolute atomic E-state index is 6.71. The SMILES string of the molecule is CC[C@H]1CN(c2ncc(-c3ncc[nH]3)cc2Cl)CCN1C1CCN(Cc2ccc(Cl)cc2-c2ncc[nH]2)CC1. The molecule has 1 aromatic carbocycles. The zero-order chi connectivity index (χ0) is 26.8. The molecule has 2 fully saturated rings. The number of imidazole rings is 2. The maximum Gasteiger partial charge on any atom is 0.147 e. The molecule has 0 radical (unpaired) electrons. The number of anilines is 1. The molecule has 0 amide bonds. The van der Waals surface area contributed by atoms with Crippen LogP contribution in [0.5, 0.6) is 0 Å². The summed E-state index contributed by atoms with van der Waals surface area (Å²) >= 11 is 13.0. The normalized spacial score (nSPS) is 19.6. The number of aromatic amines is 2. The summed E-state index contributed by atoms with van der Waals surface area (Å²) in [6.07, 6.45) is 12.5. The Kier molecular flexibility index (Phi) is 7.88. The molecule has 6 rings (SSSR count). The van der Waals surface area contributed by atoms with Gasteiger partial charge in [-0.15, -0.1) is 0 Å². The van der Waals surface area contributed by atoms with E-state index in [1.807, 2.05) is 36.8 Å². The van der Waals surface area contributed by atoms with Crippen molar-refractivity contribution in [1.82, 2.24) is 34.7 Å². The largest absolute Gasteiger partial charge is 0.353 e. The molecule has 2 aliphatic heterocycles. The van der Waals surface area contributed by atoms with Crippen molar-refractivity contribution in [2.75, 3.05) is 37.6 Å². The van der Waals surface area contributed by atoms with Gasteiger partial charge in [-0.2, -0.15) is 0 Å². The smallest absolute Gasteiger partial charge is 0.147 e. The Morgan fingerprint density at radius 3 is 2.38 bits per heavy atom. The Labute approximate surface area is 239 Å². The van der Waals surface area contributed by atoms with Crippen LogP contribution in [0.15, 0.2) is 55.2 Å². The molecule has 0 spiro atoms. The number of nitrogens with one attached hydrogen (secondary N) is 2. The molecule has 2 N–H and O–H groups in total. The fourth-order valence-corrected chi connectivity index (χ4v) is 6.55. The summed E-state index contributed by atoms with van der Waals surface area (Å²) in [4.78, 5) is 27.5. The van der Waals surface area contributed by atoms with E-state index in [1.54, 1.807) is 12.4 Å². The predicted octanol–water partition coefficient (Wildman–Crippen LogP) is 5.73. The topological polar surface area (TPSA) is 80.0 Å². The van der Waals surface area contributed by atoms with Crippen LogP contribution in [0, 0.1) is 0 Å². The highest BCUT2D eigenvalue weighted by Crippen LogP contribution is 2.32. The molecule has 0 bridgehead atoms. The van der Waals surface area contributed by atoms with E-state index in [-0.39, 0.29) is 0 Å². The van der Waals surface area contributed by atoms with E-state index in [0.717, 1.165) is 79.3 Å². The minimum atomic E-state index is 0.486. The van der Waals surface area contributed by atoms with Gasteiger partial charge in [-0.25, -0.2) is 15.0 Å². The second kappa shape index (κ2) is 11.7. The van der Waals surface area contributed by atoms with E-state index in [1.165, 1.54) is 18.4 Å². The highest BCUT2D eigenvalue weighted by Gasteiger charge is 2.34. The quantitative estimate of drug-likeness (QED) is 0.298. The number of pyridine rings is 1. The van der Waals surface area contributed by atoms with Gasteiger partial charge in [-0.3, -0.25) is 9.80 Å². The van der Waals surface area contributed by atoms with Crippen molar-refractivity contribution in [1.29, 1.82) is 0 Å². The monoisotopic (exact) mass is 564 g/mol. The van der Waals surface area contributed by atoms with Gasteiger partial charge in [0.15, 0.2) is 0 Å². The third-order valence-corrected chi connectivity index (χ3v) is 8.65. The summed E-state index contributed by atoms with van der Waals surface area (Å²) < 4.78 is 0. The average Bonchev–Trinajstić information content (AvgIpc) is 3.69. The van der Waals surface area contributed by atoms with Gasteiger partial charge < -0.3 is 14.9 Å². The second-order valence-electron chi connectivity index (χ2n) is 10.5. The second-order valence-corrected chi connectivity index (χ2v) is 11.3.